The number of aromatic hydroxyl groups is 1. The number of aldehydes is 1. The number of allylic oxidation sites excluding steroid dienone is 1. The van der Waals surface area contributed by atoms with Crippen LogP contribution in [0.1, 0.15) is 29.3 Å². The number of hydrogen-bond donors (Lipinski definition) is 1. The summed E-state index contributed by atoms with van der Waals surface area (Å²) in [4.78, 5) is 32.9. The molecule has 100 valence electrons. The molecule has 0 aliphatic heterocycles. The molecule has 1 aromatic rings. The summed E-state index contributed by atoms with van der Waals surface area (Å²) in [6, 6.07) is 2.81. The van der Waals surface area contributed by atoms with E-state index in [1.54, 1.807) is 0 Å². The van der Waals surface area contributed by atoms with E-state index in [1.807, 2.05) is 0 Å². The number of carbonyl (C=O) groups is 3. The minimum Gasteiger partial charge on any atom is -0.504 e. The Morgan fingerprint density at radius 3 is 2.58 bits per heavy atom. The SMILES string of the molecule is COc1cc(C=O)cc(/C=C/C(=O)CC(C)=O)c1O. The molecule has 5 heteroatoms. The predicted octanol–water partition coefficient (Wildman–Crippen LogP) is 1.77. The molecule has 0 heterocycles. The molecule has 0 amide bonds. The topological polar surface area (TPSA) is 80.7 Å². The molecular weight excluding hydrogens is 248 g/mol. The van der Waals surface area contributed by atoms with Gasteiger partial charge in [0.1, 0.15) is 12.1 Å². The summed E-state index contributed by atoms with van der Waals surface area (Å²) in [5.74, 6) is -0.635. The Kier molecular flexibility index (Phi) is 5.00. The number of ketones is 2. The highest BCUT2D eigenvalue weighted by Crippen LogP contribution is 2.31. The molecule has 5 nitrogen and oxygen atoms in total. The predicted molar refractivity (Wildman–Crippen MR) is 69.4 cm³/mol. The van der Waals surface area contributed by atoms with Crippen LogP contribution in [0.4, 0.5) is 0 Å². The molecule has 0 bridgehead atoms. The minimum atomic E-state index is -0.373. The van der Waals surface area contributed by atoms with Crippen molar-refractivity contribution in [3.8, 4) is 11.5 Å². The quantitative estimate of drug-likeness (QED) is 0.480. The van der Waals surface area contributed by atoms with Crippen molar-refractivity contribution in [3.05, 3.63) is 29.3 Å². The van der Waals surface area contributed by atoms with E-state index in [1.165, 1.54) is 38.3 Å². The van der Waals surface area contributed by atoms with Gasteiger partial charge < -0.3 is 9.84 Å². The van der Waals surface area contributed by atoms with E-state index in [0.717, 1.165) is 0 Å². The fourth-order valence-corrected chi connectivity index (χ4v) is 1.49. The maximum atomic E-state index is 11.4. The van der Waals surface area contributed by atoms with Crippen molar-refractivity contribution in [1.29, 1.82) is 0 Å². The number of carbonyl (C=O) groups excluding carboxylic acids is 3. The molecule has 0 unspecified atom stereocenters. The molecule has 0 saturated heterocycles. The number of Topliss-reactive ketones (excluding diaryl/α,β-unsaturated/α-hetero) is 1. The van der Waals surface area contributed by atoms with Gasteiger partial charge in [0.25, 0.3) is 0 Å². The lowest BCUT2D eigenvalue weighted by Gasteiger charge is -2.07. The molecule has 0 aliphatic carbocycles. The zero-order valence-corrected chi connectivity index (χ0v) is 10.7. The van der Waals surface area contributed by atoms with Gasteiger partial charge in [0.2, 0.25) is 0 Å². The number of ether oxygens (including phenoxy) is 1. The van der Waals surface area contributed by atoms with Gasteiger partial charge in [-0.15, -0.1) is 0 Å². The third kappa shape index (κ3) is 4.06. The van der Waals surface area contributed by atoms with Gasteiger partial charge in [-0.3, -0.25) is 14.4 Å². The summed E-state index contributed by atoms with van der Waals surface area (Å²) in [5.41, 5.74) is 0.590. The average molecular weight is 262 g/mol. The number of phenolic OH excluding ortho intramolecular Hbond substituents is 1. The largest absolute Gasteiger partial charge is 0.504 e. The first-order valence-corrected chi connectivity index (χ1v) is 5.54. The summed E-state index contributed by atoms with van der Waals surface area (Å²) in [6.07, 6.45) is 2.94. The van der Waals surface area contributed by atoms with Crippen LogP contribution >= 0.6 is 0 Å². The van der Waals surface area contributed by atoms with Gasteiger partial charge in [-0.2, -0.15) is 0 Å². The maximum absolute atomic E-state index is 11.4. The second-order valence-electron chi connectivity index (χ2n) is 3.96. The van der Waals surface area contributed by atoms with Crippen LogP contribution in [0.15, 0.2) is 18.2 Å². The number of phenols is 1. The summed E-state index contributed by atoms with van der Waals surface area (Å²) in [6.45, 7) is 1.32. The van der Waals surface area contributed by atoms with Crippen LogP contribution < -0.4 is 4.74 Å². The van der Waals surface area contributed by atoms with Crippen molar-refractivity contribution >= 4 is 23.9 Å². The summed E-state index contributed by atoms with van der Waals surface area (Å²) in [7, 11) is 1.36. The van der Waals surface area contributed by atoms with Crippen LogP contribution in [0.5, 0.6) is 11.5 Å². The lowest BCUT2D eigenvalue weighted by atomic mass is 10.1. The average Bonchev–Trinajstić information content (AvgIpc) is 2.36. The lowest BCUT2D eigenvalue weighted by Crippen LogP contribution is -2.00. The maximum Gasteiger partial charge on any atom is 0.165 e. The highest BCUT2D eigenvalue weighted by atomic mass is 16.5. The molecule has 1 rings (SSSR count). The molecule has 0 saturated carbocycles. The van der Waals surface area contributed by atoms with E-state index >= 15 is 0 Å². The minimum absolute atomic E-state index is 0.142. The number of rotatable bonds is 6. The van der Waals surface area contributed by atoms with E-state index in [4.69, 9.17) is 4.74 Å². The first kappa shape index (κ1) is 14.6. The normalized spacial score (nSPS) is 10.4. The molecule has 0 fully saturated rings. The molecule has 0 radical (unpaired) electrons. The Bertz CT molecular complexity index is 543. The van der Waals surface area contributed by atoms with E-state index in [2.05, 4.69) is 0 Å². The molecule has 0 atom stereocenters. The molecule has 1 aromatic carbocycles. The zero-order valence-electron chi connectivity index (χ0n) is 10.7. The Labute approximate surface area is 110 Å². The third-order valence-electron chi connectivity index (χ3n) is 2.35. The third-order valence-corrected chi connectivity index (χ3v) is 2.35. The van der Waals surface area contributed by atoms with E-state index in [-0.39, 0.29) is 35.0 Å². The van der Waals surface area contributed by atoms with E-state index < -0.39 is 0 Å². The van der Waals surface area contributed by atoms with Crippen LogP contribution in [0.25, 0.3) is 6.08 Å². The smallest absolute Gasteiger partial charge is 0.165 e. The summed E-state index contributed by atoms with van der Waals surface area (Å²) < 4.78 is 4.92. The second kappa shape index (κ2) is 6.49. The van der Waals surface area contributed by atoms with Crippen molar-refractivity contribution < 1.29 is 24.2 Å². The van der Waals surface area contributed by atoms with Gasteiger partial charge in [0.15, 0.2) is 17.3 Å². The highest BCUT2D eigenvalue weighted by Gasteiger charge is 2.09. The van der Waals surface area contributed by atoms with Gasteiger partial charge in [0, 0.05) is 11.1 Å². The van der Waals surface area contributed by atoms with Crippen LogP contribution in [0.3, 0.4) is 0 Å². The van der Waals surface area contributed by atoms with E-state index in [0.29, 0.717) is 11.8 Å². The fourth-order valence-electron chi connectivity index (χ4n) is 1.49. The number of methoxy groups -OCH3 is 1. The Morgan fingerprint density at radius 1 is 1.37 bits per heavy atom. The highest BCUT2D eigenvalue weighted by molar-refractivity contribution is 6.05. The fraction of sp³-hybridized carbons (Fsp3) is 0.214. The van der Waals surface area contributed by atoms with Crippen LogP contribution in [0, 0.1) is 0 Å². The van der Waals surface area contributed by atoms with Crippen molar-refractivity contribution in [1.82, 2.24) is 0 Å². The second-order valence-corrected chi connectivity index (χ2v) is 3.96. The van der Waals surface area contributed by atoms with Gasteiger partial charge in [-0.1, -0.05) is 0 Å². The lowest BCUT2D eigenvalue weighted by molar-refractivity contribution is -0.123. The first-order chi connectivity index (χ1) is 8.97. The van der Waals surface area contributed by atoms with Gasteiger partial charge >= 0.3 is 0 Å². The Morgan fingerprint density at radius 2 is 2.05 bits per heavy atom. The summed E-state index contributed by atoms with van der Waals surface area (Å²) in [5, 5.41) is 9.83. The van der Waals surface area contributed by atoms with Gasteiger partial charge in [-0.25, -0.2) is 0 Å². The molecule has 0 spiro atoms. The van der Waals surface area contributed by atoms with Crippen LogP contribution in [0.2, 0.25) is 0 Å². The molecule has 0 aromatic heterocycles. The standard InChI is InChI=1S/C14H14O5/c1-9(16)5-12(17)4-3-11-6-10(8-15)7-13(19-2)14(11)18/h3-4,6-8,18H,5H2,1-2H3/b4-3+. The van der Waals surface area contributed by atoms with E-state index in [9.17, 15) is 19.5 Å². The van der Waals surface area contributed by atoms with Crippen LogP contribution in [-0.2, 0) is 9.59 Å². The zero-order chi connectivity index (χ0) is 14.4. The number of hydrogen-bond acceptors (Lipinski definition) is 5. The van der Waals surface area contributed by atoms with Gasteiger partial charge in [-0.05, 0) is 31.2 Å². The molecule has 1 N–H and O–H groups in total. The monoisotopic (exact) mass is 262 g/mol. The van der Waals surface area contributed by atoms with Crippen LogP contribution in [-0.4, -0.2) is 30.1 Å². The van der Waals surface area contributed by atoms with Gasteiger partial charge in [0.05, 0.1) is 13.5 Å². The van der Waals surface area contributed by atoms with Crippen molar-refractivity contribution in [3.63, 3.8) is 0 Å². The molecule has 0 aliphatic rings. The molecular formula is C14H14O5. The van der Waals surface area contributed by atoms with Crippen molar-refractivity contribution in [2.75, 3.05) is 7.11 Å². The first-order valence-electron chi connectivity index (χ1n) is 5.54. The molecule has 19 heavy (non-hydrogen) atoms. The van der Waals surface area contributed by atoms with Crippen molar-refractivity contribution in [2.45, 2.75) is 13.3 Å². The Balaban J connectivity index is 3.06. The Hall–Kier alpha value is -2.43. The van der Waals surface area contributed by atoms with Crippen molar-refractivity contribution in [2.24, 2.45) is 0 Å². The number of benzene rings is 1. The summed E-state index contributed by atoms with van der Waals surface area (Å²) >= 11 is 0.